The van der Waals surface area contributed by atoms with Crippen LogP contribution in [0.4, 0.5) is 13.2 Å². The van der Waals surface area contributed by atoms with Gasteiger partial charge in [-0.25, -0.2) is 4.79 Å². The molecule has 0 atom stereocenters. The lowest BCUT2D eigenvalue weighted by Crippen LogP contribution is -2.21. The van der Waals surface area contributed by atoms with Crippen molar-refractivity contribution in [2.75, 3.05) is 41.3 Å². The Morgan fingerprint density at radius 1 is 0.895 bits per heavy atom. The number of halogens is 3. The lowest BCUT2D eigenvalue weighted by Gasteiger charge is -2.10. The fourth-order valence-electron chi connectivity index (χ4n) is 1.21. The molecule has 0 aromatic rings. The molecule has 0 unspecified atom stereocenters. The monoisotopic (exact) mass is 286 g/mol. The standard InChI is InChI=1S/C10H24N2.C2HF3O2/c1-11(2)9-7-5-6-8-10-12(3)4;3-2(4,5)1(6)7/h5-10H2,1-4H3;(H,6,7). The predicted octanol–water partition coefficient (Wildman–Crippen LogP) is 2.30. The average Bonchev–Trinajstić information content (AvgIpc) is 2.21. The first-order chi connectivity index (χ1) is 8.57. The number of hydrogen-bond acceptors (Lipinski definition) is 3. The van der Waals surface area contributed by atoms with Gasteiger partial charge in [-0.15, -0.1) is 0 Å². The highest BCUT2D eigenvalue weighted by atomic mass is 19.4. The highest BCUT2D eigenvalue weighted by molar-refractivity contribution is 5.73. The van der Waals surface area contributed by atoms with Crippen molar-refractivity contribution in [3.8, 4) is 0 Å². The van der Waals surface area contributed by atoms with Crippen LogP contribution in [-0.2, 0) is 4.79 Å². The van der Waals surface area contributed by atoms with Crippen LogP contribution in [0.15, 0.2) is 0 Å². The molecule has 0 amide bonds. The van der Waals surface area contributed by atoms with Crippen molar-refractivity contribution in [1.82, 2.24) is 9.80 Å². The summed E-state index contributed by atoms with van der Waals surface area (Å²) in [5.41, 5.74) is 0. The number of unbranched alkanes of at least 4 members (excludes halogenated alkanes) is 3. The van der Waals surface area contributed by atoms with E-state index in [2.05, 4.69) is 38.0 Å². The molecule has 0 heterocycles. The molecule has 116 valence electrons. The first-order valence-electron chi connectivity index (χ1n) is 6.17. The highest BCUT2D eigenvalue weighted by Crippen LogP contribution is 2.13. The van der Waals surface area contributed by atoms with Crippen molar-refractivity contribution in [3.63, 3.8) is 0 Å². The summed E-state index contributed by atoms with van der Waals surface area (Å²) in [6.07, 6.45) is 0.374. The van der Waals surface area contributed by atoms with Crippen LogP contribution in [0, 0.1) is 0 Å². The Kier molecular flexibility index (Phi) is 11.9. The lowest BCUT2D eigenvalue weighted by atomic mass is 10.2. The maximum Gasteiger partial charge on any atom is 0.490 e. The summed E-state index contributed by atoms with van der Waals surface area (Å²) in [5, 5.41) is 7.12. The summed E-state index contributed by atoms with van der Waals surface area (Å²) in [4.78, 5) is 13.4. The molecule has 0 fully saturated rings. The zero-order valence-electron chi connectivity index (χ0n) is 12.1. The van der Waals surface area contributed by atoms with E-state index in [9.17, 15) is 13.2 Å². The van der Waals surface area contributed by atoms with E-state index in [1.807, 2.05) is 0 Å². The van der Waals surface area contributed by atoms with E-state index in [0.717, 1.165) is 0 Å². The second kappa shape index (κ2) is 11.0. The van der Waals surface area contributed by atoms with Gasteiger partial charge in [0.15, 0.2) is 0 Å². The van der Waals surface area contributed by atoms with Gasteiger partial charge in [-0.3, -0.25) is 0 Å². The number of hydrogen-bond donors (Lipinski definition) is 1. The van der Waals surface area contributed by atoms with Crippen LogP contribution in [0.5, 0.6) is 0 Å². The van der Waals surface area contributed by atoms with Crippen molar-refractivity contribution in [2.24, 2.45) is 0 Å². The number of alkyl halides is 3. The zero-order valence-corrected chi connectivity index (χ0v) is 12.1. The molecule has 19 heavy (non-hydrogen) atoms. The van der Waals surface area contributed by atoms with Crippen molar-refractivity contribution in [3.05, 3.63) is 0 Å². The van der Waals surface area contributed by atoms with E-state index in [1.54, 1.807) is 0 Å². The minimum absolute atomic E-state index is 1.24. The minimum Gasteiger partial charge on any atom is -0.475 e. The van der Waals surface area contributed by atoms with Gasteiger partial charge in [0.25, 0.3) is 0 Å². The first kappa shape index (κ1) is 20.5. The number of rotatable bonds is 7. The van der Waals surface area contributed by atoms with E-state index in [-0.39, 0.29) is 0 Å². The minimum atomic E-state index is -5.08. The van der Waals surface area contributed by atoms with Crippen molar-refractivity contribution in [2.45, 2.75) is 31.9 Å². The third kappa shape index (κ3) is 19.7. The van der Waals surface area contributed by atoms with Gasteiger partial charge < -0.3 is 14.9 Å². The van der Waals surface area contributed by atoms with Gasteiger partial charge in [0, 0.05) is 0 Å². The third-order valence-electron chi connectivity index (χ3n) is 2.20. The van der Waals surface area contributed by atoms with Crippen molar-refractivity contribution < 1.29 is 23.1 Å². The van der Waals surface area contributed by atoms with E-state index < -0.39 is 12.1 Å². The number of carbonyl (C=O) groups is 1. The molecule has 0 bridgehead atoms. The number of carboxylic acids is 1. The number of nitrogens with zero attached hydrogens (tertiary/aromatic N) is 2. The van der Waals surface area contributed by atoms with Crippen LogP contribution in [0.3, 0.4) is 0 Å². The normalized spacial score (nSPS) is 11.4. The van der Waals surface area contributed by atoms with Gasteiger partial charge in [0.05, 0.1) is 0 Å². The number of aliphatic carboxylic acids is 1. The summed E-state index contributed by atoms with van der Waals surface area (Å²) in [6.45, 7) is 2.48. The van der Waals surface area contributed by atoms with E-state index >= 15 is 0 Å². The molecule has 0 rings (SSSR count). The fraction of sp³-hybridized carbons (Fsp3) is 0.917. The molecule has 0 aliphatic rings. The van der Waals surface area contributed by atoms with Crippen LogP contribution in [0.25, 0.3) is 0 Å². The van der Waals surface area contributed by atoms with Crippen LogP contribution >= 0.6 is 0 Å². The topological polar surface area (TPSA) is 43.8 Å². The SMILES string of the molecule is CN(C)CCCCCCN(C)C.O=C(O)C(F)(F)F. The molecule has 0 radical (unpaired) electrons. The quantitative estimate of drug-likeness (QED) is 0.729. The molecular formula is C12H25F3N2O2. The zero-order chi connectivity index (χ0) is 15.5. The van der Waals surface area contributed by atoms with Crippen LogP contribution < -0.4 is 0 Å². The largest absolute Gasteiger partial charge is 0.490 e. The summed E-state index contributed by atoms with van der Waals surface area (Å²) in [6, 6.07) is 0. The molecule has 0 aromatic carbocycles. The molecular weight excluding hydrogens is 261 g/mol. The molecule has 0 spiro atoms. The van der Waals surface area contributed by atoms with Gasteiger partial charge in [-0.1, -0.05) is 12.8 Å². The fourth-order valence-corrected chi connectivity index (χ4v) is 1.21. The smallest absolute Gasteiger partial charge is 0.475 e. The third-order valence-corrected chi connectivity index (χ3v) is 2.20. The first-order valence-corrected chi connectivity index (χ1v) is 6.17. The predicted molar refractivity (Wildman–Crippen MR) is 69.3 cm³/mol. The van der Waals surface area contributed by atoms with Crippen molar-refractivity contribution in [1.29, 1.82) is 0 Å². The Morgan fingerprint density at radius 2 is 1.16 bits per heavy atom. The maximum atomic E-state index is 10.6. The molecule has 0 aromatic heterocycles. The molecule has 4 nitrogen and oxygen atoms in total. The average molecular weight is 286 g/mol. The molecule has 7 heteroatoms. The number of carboxylic acid groups (broad SMARTS) is 1. The van der Waals surface area contributed by atoms with Gasteiger partial charge in [0.2, 0.25) is 0 Å². The van der Waals surface area contributed by atoms with Gasteiger partial charge >= 0.3 is 12.1 Å². The Morgan fingerprint density at radius 3 is 1.32 bits per heavy atom. The molecule has 0 saturated carbocycles. The summed E-state index contributed by atoms with van der Waals surface area (Å²) in [5.74, 6) is -2.76. The Bertz CT molecular complexity index is 220. The van der Waals surface area contributed by atoms with E-state index in [1.165, 1.54) is 38.8 Å². The molecule has 1 N–H and O–H groups in total. The summed E-state index contributed by atoms with van der Waals surface area (Å²) < 4.78 is 31.7. The summed E-state index contributed by atoms with van der Waals surface area (Å²) >= 11 is 0. The second-order valence-electron chi connectivity index (χ2n) is 4.82. The molecule has 0 saturated heterocycles. The molecule has 0 aliphatic carbocycles. The Labute approximate surface area is 113 Å². The van der Waals surface area contributed by atoms with E-state index in [0.29, 0.717) is 0 Å². The van der Waals surface area contributed by atoms with Crippen LogP contribution in [0.2, 0.25) is 0 Å². The Hall–Kier alpha value is -0.820. The van der Waals surface area contributed by atoms with E-state index in [4.69, 9.17) is 9.90 Å². The Balaban J connectivity index is 0. The summed E-state index contributed by atoms with van der Waals surface area (Å²) in [7, 11) is 8.55. The second-order valence-corrected chi connectivity index (χ2v) is 4.82. The lowest BCUT2D eigenvalue weighted by molar-refractivity contribution is -0.192. The van der Waals surface area contributed by atoms with Gasteiger partial charge in [0.1, 0.15) is 0 Å². The maximum absolute atomic E-state index is 10.6. The van der Waals surface area contributed by atoms with Crippen LogP contribution in [0.1, 0.15) is 25.7 Å². The van der Waals surface area contributed by atoms with Gasteiger partial charge in [-0.05, 0) is 54.1 Å². The van der Waals surface area contributed by atoms with Gasteiger partial charge in [-0.2, -0.15) is 13.2 Å². The highest BCUT2D eigenvalue weighted by Gasteiger charge is 2.38. The van der Waals surface area contributed by atoms with Crippen molar-refractivity contribution >= 4 is 5.97 Å². The molecule has 0 aliphatic heterocycles. The van der Waals surface area contributed by atoms with Crippen LogP contribution in [-0.4, -0.2) is 68.3 Å².